The van der Waals surface area contributed by atoms with Gasteiger partial charge in [0.25, 0.3) is 0 Å². The van der Waals surface area contributed by atoms with Crippen molar-refractivity contribution in [3.63, 3.8) is 0 Å². The Morgan fingerprint density at radius 2 is 2.29 bits per heavy atom. The summed E-state index contributed by atoms with van der Waals surface area (Å²) in [6.07, 6.45) is 0.442. The molecule has 17 heavy (non-hydrogen) atoms. The van der Waals surface area contributed by atoms with Crippen LogP contribution in [-0.2, 0) is 4.79 Å². The topological polar surface area (TPSA) is 80.9 Å². The van der Waals surface area contributed by atoms with Crippen LogP contribution in [0.15, 0.2) is 5.38 Å². The summed E-state index contributed by atoms with van der Waals surface area (Å²) in [5.41, 5.74) is 7.27. The first-order chi connectivity index (χ1) is 8.10. The van der Waals surface area contributed by atoms with Crippen LogP contribution < -0.4 is 11.1 Å². The Kier molecular flexibility index (Phi) is 3.39. The van der Waals surface area contributed by atoms with E-state index < -0.39 is 0 Å². The molecule has 2 heterocycles. The number of hydrogen-bond donors (Lipinski definition) is 2. The Balaban J connectivity index is 2.28. The van der Waals surface area contributed by atoms with Gasteiger partial charge in [-0.2, -0.15) is 0 Å². The number of thiazole rings is 2. The van der Waals surface area contributed by atoms with E-state index in [1.165, 1.54) is 22.7 Å². The maximum absolute atomic E-state index is 11.3. The van der Waals surface area contributed by atoms with Crippen LogP contribution in [0.25, 0.3) is 10.6 Å². The third-order valence-corrected chi connectivity index (χ3v) is 3.89. The van der Waals surface area contributed by atoms with Crippen LogP contribution in [0.1, 0.15) is 19.0 Å². The summed E-state index contributed by atoms with van der Waals surface area (Å²) >= 11 is 2.81. The Labute approximate surface area is 107 Å². The number of nitrogen functional groups attached to an aromatic ring is 1. The Hall–Kier alpha value is -1.47. The van der Waals surface area contributed by atoms with Crippen molar-refractivity contribution in [2.24, 2.45) is 0 Å². The Morgan fingerprint density at radius 1 is 1.53 bits per heavy atom. The average molecular weight is 268 g/mol. The highest BCUT2D eigenvalue weighted by Gasteiger charge is 2.13. The van der Waals surface area contributed by atoms with E-state index in [1.807, 2.05) is 12.3 Å². The van der Waals surface area contributed by atoms with Gasteiger partial charge in [0, 0.05) is 11.8 Å². The molecule has 0 spiro atoms. The number of carbonyl (C=O) groups is 1. The zero-order valence-corrected chi connectivity index (χ0v) is 11.1. The minimum absolute atomic E-state index is 0.0388. The highest BCUT2D eigenvalue weighted by atomic mass is 32.1. The van der Waals surface area contributed by atoms with Crippen molar-refractivity contribution in [1.82, 2.24) is 9.97 Å². The van der Waals surface area contributed by atoms with Crippen molar-refractivity contribution in [3.8, 4) is 10.6 Å². The molecule has 0 unspecified atom stereocenters. The fourth-order valence-corrected chi connectivity index (χ4v) is 2.86. The number of nitrogens with two attached hydrogens (primary N) is 1. The molecular formula is C10H12N4OS2. The van der Waals surface area contributed by atoms with E-state index in [-0.39, 0.29) is 5.91 Å². The second-order valence-corrected chi connectivity index (χ2v) is 5.30. The van der Waals surface area contributed by atoms with Crippen LogP contribution in [0.2, 0.25) is 0 Å². The van der Waals surface area contributed by atoms with Crippen LogP contribution in [0.5, 0.6) is 0 Å². The second-order valence-electron chi connectivity index (χ2n) is 3.41. The lowest BCUT2D eigenvalue weighted by atomic mass is 10.3. The summed E-state index contributed by atoms with van der Waals surface area (Å²) in [7, 11) is 0. The molecule has 0 radical (unpaired) electrons. The molecule has 90 valence electrons. The number of nitrogens with zero attached hydrogens (tertiary/aromatic N) is 2. The molecule has 2 rings (SSSR count). The molecular weight excluding hydrogens is 256 g/mol. The Morgan fingerprint density at radius 3 is 2.88 bits per heavy atom. The summed E-state index contributed by atoms with van der Waals surface area (Å²) in [5.74, 6) is -0.0388. The number of hydrogen-bond acceptors (Lipinski definition) is 6. The molecule has 0 aliphatic rings. The number of aromatic nitrogens is 2. The minimum atomic E-state index is -0.0388. The highest BCUT2D eigenvalue weighted by molar-refractivity contribution is 7.19. The standard InChI is InChI=1S/C10H12N4OS2/c1-3-7(15)14-10-12-5(2)8(17-10)6-4-16-9(11)13-6/h4H,3H2,1-2H3,(H2,11,13)(H,12,14,15). The van der Waals surface area contributed by atoms with Gasteiger partial charge in [0.05, 0.1) is 16.3 Å². The van der Waals surface area contributed by atoms with Gasteiger partial charge in [-0.15, -0.1) is 11.3 Å². The van der Waals surface area contributed by atoms with Crippen LogP contribution >= 0.6 is 22.7 Å². The van der Waals surface area contributed by atoms with Gasteiger partial charge in [0.15, 0.2) is 10.3 Å². The molecule has 0 bridgehead atoms. The molecule has 7 heteroatoms. The third kappa shape index (κ3) is 2.62. The van der Waals surface area contributed by atoms with Gasteiger partial charge in [-0.3, -0.25) is 4.79 Å². The van der Waals surface area contributed by atoms with Crippen molar-refractivity contribution in [3.05, 3.63) is 11.1 Å². The molecule has 2 aromatic heterocycles. The van der Waals surface area contributed by atoms with Gasteiger partial charge in [-0.25, -0.2) is 9.97 Å². The molecule has 0 aliphatic heterocycles. The molecule has 0 fully saturated rings. The lowest BCUT2D eigenvalue weighted by molar-refractivity contribution is -0.115. The summed E-state index contributed by atoms with van der Waals surface area (Å²) in [5, 5.41) is 5.77. The van der Waals surface area contributed by atoms with Gasteiger partial charge in [0.1, 0.15) is 0 Å². The van der Waals surface area contributed by atoms with Crippen molar-refractivity contribution >= 4 is 38.8 Å². The van der Waals surface area contributed by atoms with E-state index >= 15 is 0 Å². The molecule has 2 aromatic rings. The number of aryl methyl sites for hydroxylation is 1. The van der Waals surface area contributed by atoms with Crippen molar-refractivity contribution in [1.29, 1.82) is 0 Å². The van der Waals surface area contributed by atoms with Crippen molar-refractivity contribution in [2.75, 3.05) is 11.1 Å². The predicted molar refractivity (Wildman–Crippen MR) is 71.3 cm³/mol. The first kappa shape index (κ1) is 12.0. The van der Waals surface area contributed by atoms with E-state index in [0.717, 1.165) is 16.3 Å². The van der Waals surface area contributed by atoms with Gasteiger partial charge < -0.3 is 11.1 Å². The minimum Gasteiger partial charge on any atom is -0.375 e. The van der Waals surface area contributed by atoms with Crippen LogP contribution in [0, 0.1) is 6.92 Å². The molecule has 5 nitrogen and oxygen atoms in total. The fourth-order valence-electron chi connectivity index (χ4n) is 1.29. The third-order valence-electron chi connectivity index (χ3n) is 2.12. The number of rotatable bonds is 3. The lowest BCUT2D eigenvalue weighted by Gasteiger charge is -1.95. The van der Waals surface area contributed by atoms with Gasteiger partial charge >= 0.3 is 0 Å². The monoisotopic (exact) mass is 268 g/mol. The first-order valence-corrected chi connectivity index (χ1v) is 6.78. The van der Waals surface area contributed by atoms with E-state index in [9.17, 15) is 4.79 Å². The largest absolute Gasteiger partial charge is 0.375 e. The van der Waals surface area contributed by atoms with E-state index in [4.69, 9.17) is 5.73 Å². The molecule has 0 aliphatic carbocycles. The second kappa shape index (κ2) is 4.80. The number of amides is 1. The smallest absolute Gasteiger partial charge is 0.225 e. The molecule has 3 N–H and O–H groups in total. The first-order valence-electron chi connectivity index (χ1n) is 5.08. The molecule has 0 atom stereocenters. The van der Waals surface area contributed by atoms with Crippen molar-refractivity contribution in [2.45, 2.75) is 20.3 Å². The van der Waals surface area contributed by atoms with Crippen LogP contribution in [0.3, 0.4) is 0 Å². The predicted octanol–water partition coefficient (Wildman–Crippen LogP) is 2.51. The molecule has 0 saturated carbocycles. The summed E-state index contributed by atoms with van der Waals surface area (Å²) in [4.78, 5) is 20.7. The zero-order chi connectivity index (χ0) is 12.4. The van der Waals surface area contributed by atoms with Crippen molar-refractivity contribution < 1.29 is 4.79 Å². The molecule has 0 saturated heterocycles. The lowest BCUT2D eigenvalue weighted by Crippen LogP contribution is -2.08. The van der Waals surface area contributed by atoms with Crippen LogP contribution in [0.4, 0.5) is 10.3 Å². The number of nitrogens with one attached hydrogen (secondary N) is 1. The normalized spacial score (nSPS) is 10.5. The van der Waals surface area contributed by atoms with E-state index in [1.54, 1.807) is 6.92 Å². The molecule has 0 aromatic carbocycles. The summed E-state index contributed by atoms with van der Waals surface area (Å²) < 4.78 is 0. The summed E-state index contributed by atoms with van der Waals surface area (Å²) in [6.45, 7) is 3.70. The zero-order valence-electron chi connectivity index (χ0n) is 9.48. The SMILES string of the molecule is CCC(=O)Nc1nc(C)c(-c2csc(N)n2)s1. The average Bonchev–Trinajstić information content (AvgIpc) is 2.85. The molecule has 1 amide bonds. The van der Waals surface area contributed by atoms with Gasteiger partial charge in [-0.05, 0) is 6.92 Å². The quantitative estimate of drug-likeness (QED) is 0.896. The highest BCUT2D eigenvalue weighted by Crippen LogP contribution is 2.33. The van der Waals surface area contributed by atoms with E-state index in [2.05, 4.69) is 15.3 Å². The number of anilines is 2. The van der Waals surface area contributed by atoms with Gasteiger partial charge in [0.2, 0.25) is 5.91 Å². The maximum Gasteiger partial charge on any atom is 0.225 e. The van der Waals surface area contributed by atoms with Crippen LogP contribution in [-0.4, -0.2) is 15.9 Å². The maximum atomic E-state index is 11.3. The fraction of sp³-hybridized carbons (Fsp3) is 0.300. The number of carbonyl (C=O) groups excluding carboxylic acids is 1. The summed E-state index contributed by atoms with van der Waals surface area (Å²) in [6, 6.07) is 0. The Bertz CT molecular complexity index is 546. The van der Waals surface area contributed by atoms with E-state index in [0.29, 0.717) is 16.7 Å². The van der Waals surface area contributed by atoms with Gasteiger partial charge in [-0.1, -0.05) is 18.3 Å².